The van der Waals surface area contributed by atoms with Crippen molar-refractivity contribution in [2.24, 2.45) is 5.92 Å². The average Bonchev–Trinajstić information content (AvgIpc) is 2.38. The van der Waals surface area contributed by atoms with Gasteiger partial charge in [0.25, 0.3) is 0 Å². The quantitative estimate of drug-likeness (QED) is 0.506. The molecule has 0 spiro atoms. The van der Waals surface area contributed by atoms with Crippen LogP contribution in [0.25, 0.3) is 0 Å². The van der Waals surface area contributed by atoms with Gasteiger partial charge < -0.3 is 15.2 Å². The first kappa shape index (κ1) is 18.9. The van der Waals surface area contributed by atoms with E-state index < -0.39 is 0 Å². The number of aliphatic hydroxyl groups excluding tert-OH is 1. The van der Waals surface area contributed by atoms with Crippen molar-refractivity contribution < 1.29 is 9.84 Å². The van der Waals surface area contributed by atoms with Crippen LogP contribution in [0.4, 0.5) is 0 Å². The van der Waals surface area contributed by atoms with Gasteiger partial charge in [-0.05, 0) is 32.1 Å². The van der Waals surface area contributed by atoms with Crippen molar-refractivity contribution in [1.82, 2.24) is 5.32 Å². The van der Waals surface area contributed by atoms with Crippen LogP contribution < -0.4 is 5.32 Å². The molecule has 0 aromatic heterocycles. The van der Waals surface area contributed by atoms with Crippen LogP contribution in [-0.2, 0) is 4.74 Å². The van der Waals surface area contributed by atoms with E-state index in [0.717, 1.165) is 18.9 Å². The third-order valence-corrected chi connectivity index (χ3v) is 3.33. The minimum Gasteiger partial charge on any atom is -0.389 e. The standard InChI is InChI=1S/C16H35NO2/c1-5-6-7-8-11-19-13-16(18)12-17-15(4)10-9-14(2)3/h14-18H,5-13H2,1-4H3/t15-,16-/m1/s1. The molecular formula is C16H35NO2. The van der Waals surface area contributed by atoms with Crippen molar-refractivity contribution in [3.8, 4) is 0 Å². The van der Waals surface area contributed by atoms with Crippen molar-refractivity contribution in [3.05, 3.63) is 0 Å². The normalized spacial score (nSPS) is 14.8. The summed E-state index contributed by atoms with van der Waals surface area (Å²) in [6.45, 7) is 10.7. The highest BCUT2D eigenvalue weighted by Crippen LogP contribution is 2.06. The zero-order valence-corrected chi connectivity index (χ0v) is 13.5. The Morgan fingerprint density at radius 1 is 1.05 bits per heavy atom. The van der Waals surface area contributed by atoms with Crippen LogP contribution in [-0.4, -0.2) is 37.0 Å². The molecule has 116 valence electrons. The fourth-order valence-electron chi connectivity index (χ4n) is 1.93. The van der Waals surface area contributed by atoms with Crippen LogP contribution in [0.3, 0.4) is 0 Å². The van der Waals surface area contributed by atoms with E-state index in [0.29, 0.717) is 19.2 Å². The summed E-state index contributed by atoms with van der Waals surface area (Å²) in [6, 6.07) is 0.474. The Labute approximate surface area is 120 Å². The number of aliphatic hydroxyl groups is 1. The maximum absolute atomic E-state index is 9.79. The largest absolute Gasteiger partial charge is 0.389 e. The Kier molecular flexibility index (Phi) is 12.8. The van der Waals surface area contributed by atoms with Crippen molar-refractivity contribution in [1.29, 1.82) is 0 Å². The molecule has 2 atom stereocenters. The van der Waals surface area contributed by atoms with Gasteiger partial charge in [-0.1, -0.05) is 40.0 Å². The summed E-state index contributed by atoms with van der Waals surface area (Å²) in [4.78, 5) is 0. The second-order valence-electron chi connectivity index (χ2n) is 6.07. The van der Waals surface area contributed by atoms with Gasteiger partial charge in [-0.2, -0.15) is 0 Å². The SMILES string of the molecule is CCCCCCOC[C@H](O)CN[C@H](C)CCC(C)C. The van der Waals surface area contributed by atoms with Gasteiger partial charge in [-0.15, -0.1) is 0 Å². The summed E-state index contributed by atoms with van der Waals surface area (Å²) < 4.78 is 5.48. The number of nitrogens with one attached hydrogen (secondary N) is 1. The fraction of sp³-hybridized carbons (Fsp3) is 1.00. The predicted molar refractivity (Wildman–Crippen MR) is 82.5 cm³/mol. The lowest BCUT2D eigenvalue weighted by Gasteiger charge is -2.18. The maximum Gasteiger partial charge on any atom is 0.0897 e. The van der Waals surface area contributed by atoms with Crippen molar-refractivity contribution >= 4 is 0 Å². The molecule has 0 amide bonds. The summed E-state index contributed by atoms with van der Waals surface area (Å²) in [6.07, 6.45) is 6.89. The van der Waals surface area contributed by atoms with Crippen LogP contribution in [0.2, 0.25) is 0 Å². The molecule has 3 nitrogen and oxygen atoms in total. The van der Waals surface area contributed by atoms with Crippen LogP contribution in [0.1, 0.15) is 66.2 Å². The van der Waals surface area contributed by atoms with Gasteiger partial charge in [0.15, 0.2) is 0 Å². The topological polar surface area (TPSA) is 41.5 Å². The Balaban J connectivity index is 3.35. The number of unbranched alkanes of at least 4 members (excludes halogenated alkanes) is 3. The van der Waals surface area contributed by atoms with E-state index >= 15 is 0 Å². The molecule has 0 aliphatic rings. The summed E-state index contributed by atoms with van der Waals surface area (Å²) in [7, 11) is 0. The van der Waals surface area contributed by atoms with Crippen molar-refractivity contribution in [2.75, 3.05) is 19.8 Å². The smallest absolute Gasteiger partial charge is 0.0897 e. The molecule has 0 saturated carbocycles. The predicted octanol–water partition coefficient (Wildman–Crippen LogP) is 3.36. The molecular weight excluding hydrogens is 238 g/mol. The molecule has 2 N–H and O–H groups in total. The van der Waals surface area contributed by atoms with Crippen LogP contribution in [0, 0.1) is 5.92 Å². The highest BCUT2D eigenvalue weighted by molar-refractivity contribution is 4.66. The summed E-state index contributed by atoms with van der Waals surface area (Å²) in [5, 5.41) is 13.2. The molecule has 0 aliphatic carbocycles. The Hall–Kier alpha value is -0.120. The van der Waals surface area contributed by atoms with Crippen LogP contribution in [0.5, 0.6) is 0 Å². The fourth-order valence-corrected chi connectivity index (χ4v) is 1.93. The summed E-state index contributed by atoms with van der Waals surface area (Å²) in [5.41, 5.74) is 0. The second kappa shape index (κ2) is 12.9. The molecule has 0 aromatic carbocycles. The maximum atomic E-state index is 9.79. The van der Waals surface area contributed by atoms with Gasteiger partial charge >= 0.3 is 0 Å². The van der Waals surface area contributed by atoms with Crippen molar-refractivity contribution in [2.45, 2.75) is 78.4 Å². The number of hydrogen-bond donors (Lipinski definition) is 2. The minimum atomic E-state index is -0.382. The molecule has 19 heavy (non-hydrogen) atoms. The van der Waals surface area contributed by atoms with E-state index in [1.807, 2.05) is 0 Å². The van der Waals surface area contributed by atoms with Gasteiger partial charge in [-0.25, -0.2) is 0 Å². The van der Waals surface area contributed by atoms with Gasteiger partial charge in [0.1, 0.15) is 0 Å². The molecule has 0 rings (SSSR count). The third-order valence-electron chi connectivity index (χ3n) is 3.33. The Morgan fingerprint density at radius 3 is 2.42 bits per heavy atom. The average molecular weight is 273 g/mol. The van der Waals surface area contributed by atoms with Gasteiger partial charge in [0.2, 0.25) is 0 Å². The molecule has 0 bridgehead atoms. The van der Waals surface area contributed by atoms with E-state index in [-0.39, 0.29) is 6.10 Å². The second-order valence-corrected chi connectivity index (χ2v) is 6.07. The summed E-state index contributed by atoms with van der Waals surface area (Å²) in [5.74, 6) is 0.751. The van der Waals surface area contributed by atoms with Crippen LogP contribution in [0.15, 0.2) is 0 Å². The van der Waals surface area contributed by atoms with Gasteiger partial charge in [0.05, 0.1) is 12.7 Å². The zero-order chi connectivity index (χ0) is 14.5. The number of rotatable bonds is 13. The lowest BCUT2D eigenvalue weighted by molar-refractivity contribution is 0.0342. The van der Waals surface area contributed by atoms with E-state index in [4.69, 9.17) is 4.74 Å². The minimum absolute atomic E-state index is 0.382. The van der Waals surface area contributed by atoms with Crippen molar-refractivity contribution in [3.63, 3.8) is 0 Å². The molecule has 0 radical (unpaired) electrons. The molecule has 0 aromatic rings. The van der Waals surface area contributed by atoms with Crippen LogP contribution >= 0.6 is 0 Å². The highest BCUT2D eigenvalue weighted by Gasteiger charge is 2.07. The first-order valence-electron chi connectivity index (χ1n) is 8.05. The van der Waals surface area contributed by atoms with Gasteiger partial charge in [-0.3, -0.25) is 0 Å². The molecule has 0 unspecified atom stereocenters. The third kappa shape index (κ3) is 14.1. The first-order chi connectivity index (χ1) is 9.06. The monoisotopic (exact) mass is 273 g/mol. The van der Waals surface area contributed by atoms with E-state index in [2.05, 4.69) is 33.0 Å². The lowest BCUT2D eigenvalue weighted by atomic mass is 10.0. The first-order valence-corrected chi connectivity index (χ1v) is 8.05. The zero-order valence-electron chi connectivity index (χ0n) is 13.5. The van der Waals surface area contributed by atoms with E-state index in [9.17, 15) is 5.11 Å². The Morgan fingerprint density at radius 2 is 1.79 bits per heavy atom. The van der Waals surface area contributed by atoms with E-state index in [1.165, 1.54) is 32.1 Å². The molecule has 3 heteroatoms. The summed E-state index contributed by atoms with van der Waals surface area (Å²) >= 11 is 0. The highest BCUT2D eigenvalue weighted by atomic mass is 16.5. The molecule has 0 aliphatic heterocycles. The molecule has 0 saturated heterocycles. The molecule has 0 heterocycles. The molecule has 0 fully saturated rings. The number of ether oxygens (including phenoxy) is 1. The Bertz CT molecular complexity index is 186. The van der Waals surface area contributed by atoms with E-state index in [1.54, 1.807) is 0 Å². The van der Waals surface area contributed by atoms with Gasteiger partial charge in [0, 0.05) is 19.2 Å². The lowest BCUT2D eigenvalue weighted by Crippen LogP contribution is -2.36. The number of hydrogen-bond acceptors (Lipinski definition) is 3.